The first kappa shape index (κ1) is 10.4. The van der Waals surface area contributed by atoms with Crippen LogP contribution in [0, 0.1) is 0 Å². The fraction of sp³-hybridized carbons (Fsp3) is 0.429. The summed E-state index contributed by atoms with van der Waals surface area (Å²) in [4.78, 5) is 11.2. The summed E-state index contributed by atoms with van der Waals surface area (Å²) in [5, 5.41) is 5.74. The molecule has 0 radical (unpaired) electrons. The number of alkyl halides is 2. The van der Waals surface area contributed by atoms with Gasteiger partial charge in [0.1, 0.15) is 11.4 Å². The summed E-state index contributed by atoms with van der Waals surface area (Å²) < 4.78 is 24.8. The van der Waals surface area contributed by atoms with Crippen LogP contribution in [0.1, 0.15) is 10.4 Å². The molecule has 3 N–H and O–H groups in total. The molecule has 1 aromatic heterocycles. The first-order valence-corrected chi connectivity index (χ1v) is 3.86. The average molecular weight is 204 g/mol. The SMILES string of the molecule is Cn1ncc(C(=O)NCC(F)F)c1N. The molecule has 1 amide bonds. The van der Waals surface area contributed by atoms with E-state index in [0.717, 1.165) is 0 Å². The van der Waals surface area contributed by atoms with E-state index in [9.17, 15) is 13.6 Å². The molecule has 0 aliphatic heterocycles. The van der Waals surface area contributed by atoms with Gasteiger partial charge in [0, 0.05) is 7.05 Å². The highest BCUT2D eigenvalue weighted by molar-refractivity contribution is 5.98. The molecule has 0 bridgehead atoms. The summed E-state index contributed by atoms with van der Waals surface area (Å²) in [5.41, 5.74) is 5.57. The van der Waals surface area contributed by atoms with E-state index < -0.39 is 18.9 Å². The van der Waals surface area contributed by atoms with Gasteiger partial charge in [0.15, 0.2) is 0 Å². The number of nitrogens with two attached hydrogens (primary N) is 1. The van der Waals surface area contributed by atoms with Crippen LogP contribution >= 0.6 is 0 Å². The van der Waals surface area contributed by atoms with Crippen LogP contribution in [0.15, 0.2) is 6.20 Å². The molecule has 14 heavy (non-hydrogen) atoms. The molecule has 0 spiro atoms. The maximum atomic E-state index is 11.7. The molecule has 0 saturated carbocycles. The first-order valence-electron chi connectivity index (χ1n) is 3.86. The third kappa shape index (κ3) is 2.18. The molecule has 0 aliphatic rings. The summed E-state index contributed by atoms with van der Waals surface area (Å²) in [6.45, 7) is -0.687. The Bertz CT molecular complexity index is 336. The number of hydrogen-bond donors (Lipinski definition) is 2. The molecule has 0 saturated heterocycles. The van der Waals surface area contributed by atoms with Crippen LogP contribution in [0.3, 0.4) is 0 Å². The number of aryl methyl sites for hydroxylation is 1. The number of nitrogens with one attached hydrogen (secondary N) is 1. The zero-order valence-corrected chi connectivity index (χ0v) is 7.50. The van der Waals surface area contributed by atoms with Crippen LogP contribution in [0.5, 0.6) is 0 Å². The van der Waals surface area contributed by atoms with Crippen molar-refractivity contribution in [1.29, 1.82) is 0 Å². The van der Waals surface area contributed by atoms with Gasteiger partial charge < -0.3 is 11.1 Å². The lowest BCUT2D eigenvalue weighted by atomic mass is 10.3. The van der Waals surface area contributed by atoms with Crippen LogP contribution in [-0.2, 0) is 7.05 Å². The van der Waals surface area contributed by atoms with Gasteiger partial charge in [-0.1, -0.05) is 0 Å². The molecule has 0 atom stereocenters. The number of aromatic nitrogens is 2. The van der Waals surface area contributed by atoms with Gasteiger partial charge in [-0.15, -0.1) is 0 Å². The number of rotatable bonds is 3. The number of nitrogen functional groups attached to an aromatic ring is 1. The largest absolute Gasteiger partial charge is 0.383 e. The zero-order chi connectivity index (χ0) is 10.7. The molecule has 1 heterocycles. The monoisotopic (exact) mass is 204 g/mol. The second-order valence-corrected chi connectivity index (χ2v) is 2.67. The zero-order valence-electron chi connectivity index (χ0n) is 7.50. The standard InChI is InChI=1S/C7H10F2N4O/c1-13-6(10)4(2-12-13)7(14)11-3-5(8)9/h2,5H,3,10H2,1H3,(H,11,14). The summed E-state index contributed by atoms with van der Waals surface area (Å²) in [6, 6.07) is 0. The van der Waals surface area contributed by atoms with Gasteiger partial charge in [-0.05, 0) is 0 Å². The number of nitrogens with zero attached hydrogens (tertiary/aromatic N) is 2. The third-order valence-corrected chi connectivity index (χ3v) is 1.65. The fourth-order valence-electron chi connectivity index (χ4n) is 0.887. The van der Waals surface area contributed by atoms with Crippen molar-refractivity contribution in [1.82, 2.24) is 15.1 Å². The number of carbonyl (C=O) groups is 1. The smallest absolute Gasteiger partial charge is 0.256 e. The van der Waals surface area contributed by atoms with Gasteiger partial charge in [0.05, 0.1) is 12.7 Å². The van der Waals surface area contributed by atoms with E-state index in [0.29, 0.717) is 0 Å². The predicted octanol–water partition coefficient (Wildman–Crippen LogP) is -0.00280. The maximum Gasteiger partial charge on any atom is 0.256 e. The minimum atomic E-state index is -2.57. The molecule has 0 unspecified atom stereocenters. The Morgan fingerprint density at radius 2 is 2.43 bits per heavy atom. The molecular weight excluding hydrogens is 194 g/mol. The molecule has 5 nitrogen and oxygen atoms in total. The lowest BCUT2D eigenvalue weighted by molar-refractivity contribution is 0.0892. The topological polar surface area (TPSA) is 72.9 Å². The van der Waals surface area contributed by atoms with Gasteiger partial charge in [-0.25, -0.2) is 8.78 Å². The Labute approximate surface area is 78.9 Å². The van der Waals surface area contributed by atoms with Crippen molar-refractivity contribution in [3.05, 3.63) is 11.8 Å². The minimum absolute atomic E-state index is 0.105. The number of carbonyl (C=O) groups excluding carboxylic acids is 1. The van der Waals surface area contributed by atoms with Crippen molar-refractivity contribution in [2.45, 2.75) is 6.43 Å². The van der Waals surface area contributed by atoms with Crippen LogP contribution < -0.4 is 11.1 Å². The number of anilines is 1. The minimum Gasteiger partial charge on any atom is -0.383 e. The van der Waals surface area contributed by atoms with Crippen LogP contribution in [-0.4, -0.2) is 28.7 Å². The maximum absolute atomic E-state index is 11.7. The number of hydrogen-bond acceptors (Lipinski definition) is 3. The summed E-state index contributed by atoms with van der Waals surface area (Å²) in [5.74, 6) is -0.493. The van der Waals surface area contributed by atoms with E-state index in [1.165, 1.54) is 10.9 Å². The summed E-state index contributed by atoms with van der Waals surface area (Å²) in [7, 11) is 1.55. The highest BCUT2D eigenvalue weighted by atomic mass is 19.3. The van der Waals surface area contributed by atoms with Crippen molar-refractivity contribution in [2.75, 3.05) is 12.3 Å². The van der Waals surface area contributed by atoms with Gasteiger partial charge in [0.2, 0.25) is 0 Å². The van der Waals surface area contributed by atoms with E-state index in [-0.39, 0.29) is 11.4 Å². The van der Waals surface area contributed by atoms with Crippen LogP contribution in [0.2, 0.25) is 0 Å². The van der Waals surface area contributed by atoms with Gasteiger partial charge in [-0.3, -0.25) is 9.48 Å². The Kier molecular flexibility index (Phi) is 3.00. The Hall–Kier alpha value is -1.66. The molecule has 1 aromatic rings. The summed E-state index contributed by atoms with van der Waals surface area (Å²) >= 11 is 0. The van der Waals surface area contributed by atoms with Crippen molar-refractivity contribution in [2.24, 2.45) is 7.05 Å². The lowest BCUT2D eigenvalue weighted by Crippen LogP contribution is -2.28. The van der Waals surface area contributed by atoms with E-state index in [1.54, 1.807) is 7.05 Å². The van der Waals surface area contributed by atoms with Crippen molar-refractivity contribution in [3.8, 4) is 0 Å². The molecule has 0 aromatic carbocycles. The number of halogens is 2. The lowest BCUT2D eigenvalue weighted by Gasteiger charge is -2.02. The molecule has 7 heteroatoms. The van der Waals surface area contributed by atoms with Crippen LogP contribution in [0.4, 0.5) is 14.6 Å². The van der Waals surface area contributed by atoms with Crippen LogP contribution in [0.25, 0.3) is 0 Å². The third-order valence-electron chi connectivity index (χ3n) is 1.65. The molecular formula is C7H10F2N4O. The van der Waals surface area contributed by atoms with Crippen molar-refractivity contribution in [3.63, 3.8) is 0 Å². The Morgan fingerprint density at radius 3 is 2.86 bits per heavy atom. The number of amides is 1. The van der Waals surface area contributed by atoms with Gasteiger partial charge >= 0.3 is 0 Å². The molecule has 0 aliphatic carbocycles. The first-order chi connectivity index (χ1) is 6.52. The second kappa shape index (κ2) is 4.03. The molecule has 0 fully saturated rings. The fourth-order valence-corrected chi connectivity index (χ4v) is 0.887. The highest BCUT2D eigenvalue weighted by Gasteiger charge is 2.14. The van der Waals surface area contributed by atoms with E-state index >= 15 is 0 Å². The predicted molar refractivity (Wildman–Crippen MR) is 46.0 cm³/mol. The van der Waals surface area contributed by atoms with Gasteiger partial charge in [0.25, 0.3) is 12.3 Å². The second-order valence-electron chi connectivity index (χ2n) is 2.67. The van der Waals surface area contributed by atoms with E-state index in [4.69, 9.17) is 5.73 Å². The van der Waals surface area contributed by atoms with E-state index in [2.05, 4.69) is 5.10 Å². The average Bonchev–Trinajstić information content (AvgIpc) is 2.44. The Balaban J connectivity index is 2.66. The van der Waals surface area contributed by atoms with E-state index in [1.807, 2.05) is 5.32 Å². The Morgan fingerprint density at radius 1 is 1.79 bits per heavy atom. The quantitative estimate of drug-likeness (QED) is 0.727. The highest BCUT2D eigenvalue weighted by Crippen LogP contribution is 2.08. The normalized spacial score (nSPS) is 10.6. The summed E-state index contributed by atoms with van der Waals surface area (Å²) in [6.07, 6.45) is -1.34. The van der Waals surface area contributed by atoms with Gasteiger partial charge in [-0.2, -0.15) is 5.10 Å². The molecule has 78 valence electrons. The van der Waals surface area contributed by atoms with Crippen molar-refractivity contribution >= 4 is 11.7 Å². The van der Waals surface area contributed by atoms with Crippen molar-refractivity contribution < 1.29 is 13.6 Å². The molecule has 1 rings (SSSR count).